The van der Waals surface area contributed by atoms with Crippen LogP contribution in [0.4, 0.5) is 8.78 Å². The fourth-order valence-electron chi connectivity index (χ4n) is 2.88. The van der Waals surface area contributed by atoms with Crippen LogP contribution in [0, 0.1) is 0 Å². The van der Waals surface area contributed by atoms with Gasteiger partial charge in [0, 0.05) is 26.2 Å². The van der Waals surface area contributed by atoms with E-state index in [0.29, 0.717) is 34.5 Å². The number of ether oxygens (including phenoxy) is 3. The van der Waals surface area contributed by atoms with E-state index in [-0.39, 0.29) is 17.4 Å². The van der Waals surface area contributed by atoms with Gasteiger partial charge in [0.2, 0.25) is 0 Å². The molecule has 3 rings (SSSR count). The van der Waals surface area contributed by atoms with Crippen molar-refractivity contribution in [1.29, 1.82) is 0 Å². The van der Waals surface area contributed by atoms with E-state index in [1.54, 1.807) is 17.0 Å². The Morgan fingerprint density at radius 1 is 1.29 bits per heavy atom. The van der Waals surface area contributed by atoms with Crippen molar-refractivity contribution in [3.8, 4) is 11.5 Å². The van der Waals surface area contributed by atoms with Crippen molar-refractivity contribution in [2.45, 2.75) is 6.61 Å². The second kappa shape index (κ2) is 9.64. The first-order valence-corrected chi connectivity index (χ1v) is 9.88. The Morgan fingerprint density at radius 2 is 2.04 bits per heavy atom. The minimum atomic E-state index is -2.94. The van der Waals surface area contributed by atoms with Crippen molar-refractivity contribution in [3.05, 3.63) is 28.7 Å². The normalized spacial score (nSPS) is 19.7. The summed E-state index contributed by atoms with van der Waals surface area (Å²) < 4.78 is 40.2. The highest BCUT2D eigenvalue weighted by molar-refractivity contribution is 8.26. The second-order valence-electron chi connectivity index (χ2n) is 6.08. The van der Waals surface area contributed by atoms with Crippen LogP contribution < -0.4 is 9.47 Å². The van der Waals surface area contributed by atoms with Crippen LogP contribution in [0.25, 0.3) is 6.08 Å². The molecule has 0 spiro atoms. The van der Waals surface area contributed by atoms with Crippen LogP contribution in [0.2, 0.25) is 0 Å². The topological polar surface area (TPSA) is 51.2 Å². The Bertz CT molecular complexity index is 770. The van der Waals surface area contributed by atoms with Crippen LogP contribution in [0.15, 0.2) is 23.1 Å². The highest BCUT2D eigenvalue weighted by Gasteiger charge is 2.32. The van der Waals surface area contributed by atoms with Crippen molar-refractivity contribution < 1.29 is 27.8 Å². The Balaban J connectivity index is 1.68. The van der Waals surface area contributed by atoms with Gasteiger partial charge in [-0.1, -0.05) is 30.0 Å². The number of alkyl halides is 2. The van der Waals surface area contributed by atoms with Crippen LogP contribution in [-0.2, 0) is 9.53 Å². The molecule has 0 N–H and O–H groups in total. The molecular formula is C18H20F2N2O4S2. The minimum Gasteiger partial charge on any atom is -0.493 e. The van der Waals surface area contributed by atoms with Gasteiger partial charge < -0.3 is 14.2 Å². The molecule has 2 aliphatic rings. The SMILES string of the molecule is COc1cc(/C=C2/SC(=S)N(CCN3CCOCC3)C2=O)ccc1OC(F)F. The summed E-state index contributed by atoms with van der Waals surface area (Å²) in [7, 11) is 1.36. The number of morpholine rings is 1. The maximum atomic E-state index is 12.7. The third-order valence-corrected chi connectivity index (χ3v) is 5.70. The van der Waals surface area contributed by atoms with Crippen LogP contribution in [0.5, 0.6) is 11.5 Å². The molecule has 152 valence electrons. The van der Waals surface area contributed by atoms with Gasteiger partial charge >= 0.3 is 6.61 Å². The molecule has 1 amide bonds. The number of carbonyl (C=O) groups is 1. The second-order valence-corrected chi connectivity index (χ2v) is 7.75. The summed E-state index contributed by atoms with van der Waals surface area (Å²) in [6.45, 7) is 1.40. The number of amides is 1. The van der Waals surface area contributed by atoms with E-state index in [1.165, 1.54) is 31.0 Å². The molecule has 2 aliphatic heterocycles. The lowest BCUT2D eigenvalue weighted by atomic mass is 10.2. The zero-order valence-corrected chi connectivity index (χ0v) is 16.9. The molecule has 0 unspecified atom stereocenters. The molecule has 0 aromatic heterocycles. The van der Waals surface area contributed by atoms with Crippen molar-refractivity contribution in [3.63, 3.8) is 0 Å². The lowest BCUT2D eigenvalue weighted by Gasteiger charge is -2.28. The van der Waals surface area contributed by atoms with Crippen molar-refractivity contribution >= 4 is 40.3 Å². The van der Waals surface area contributed by atoms with E-state index in [0.717, 1.165) is 19.6 Å². The summed E-state index contributed by atoms with van der Waals surface area (Å²) in [4.78, 5) is 17.0. The highest BCUT2D eigenvalue weighted by atomic mass is 32.2. The number of thiocarbonyl (C=S) groups is 1. The molecule has 28 heavy (non-hydrogen) atoms. The van der Waals surface area contributed by atoms with Gasteiger partial charge in [-0.15, -0.1) is 0 Å². The number of nitrogens with zero attached hydrogens (tertiary/aromatic N) is 2. The Hall–Kier alpha value is -1.75. The quantitative estimate of drug-likeness (QED) is 0.487. The van der Waals surface area contributed by atoms with Gasteiger partial charge in [-0.25, -0.2) is 0 Å². The molecule has 0 saturated carbocycles. The van der Waals surface area contributed by atoms with Gasteiger partial charge in [0.25, 0.3) is 5.91 Å². The number of hydrogen-bond acceptors (Lipinski definition) is 7. The number of thioether (sulfide) groups is 1. The third-order valence-electron chi connectivity index (χ3n) is 4.32. The van der Waals surface area contributed by atoms with Gasteiger partial charge in [-0.3, -0.25) is 14.6 Å². The number of rotatable bonds is 7. The molecule has 0 radical (unpaired) electrons. The Kier molecular flexibility index (Phi) is 7.22. The molecule has 2 saturated heterocycles. The van der Waals surface area contributed by atoms with E-state index in [2.05, 4.69) is 9.64 Å². The number of methoxy groups -OCH3 is 1. The van der Waals surface area contributed by atoms with Gasteiger partial charge in [0.05, 0.1) is 25.2 Å². The smallest absolute Gasteiger partial charge is 0.387 e. The van der Waals surface area contributed by atoms with Crippen molar-refractivity contribution in [1.82, 2.24) is 9.80 Å². The molecule has 0 atom stereocenters. The van der Waals surface area contributed by atoms with Gasteiger partial charge in [-0.05, 0) is 23.8 Å². The Labute approximate surface area is 171 Å². The fourth-order valence-corrected chi connectivity index (χ4v) is 4.19. The minimum absolute atomic E-state index is 0.0623. The highest BCUT2D eigenvalue weighted by Crippen LogP contribution is 2.35. The predicted octanol–water partition coefficient (Wildman–Crippen LogP) is 2.83. The lowest BCUT2D eigenvalue weighted by Crippen LogP contribution is -2.42. The first-order chi connectivity index (χ1) is 13.5. The van der Waals surface area contributed by atoms with Crippen LogP contribution >= 0.6 is 24.0 Å². The van der Waals surface area contributed by atoms with Crippen molar-refractivity contribution in [2.75, 3.05) is 46.5 Å². The van der Waals surface area contributed by atoms with Crippen molar-refractivity contribution in [2.24, 2.45) is 0 Å². The maximum absolute atomic E-state index is 12.7. The lowest BCUT2D eigenvalue weighted by molar-refractivity contribution is -0.122. The summed E-state index contributed by atoms with van der Waals surface area (Å²) in [6, 6.07) is 4.51. The summed E-state index contributed by atoms with van der Waals surface area (Å²) in [5, 5.41) is 0. The number of halogens is 2. The molecule has 2 fully saturated rings. The fraction of sp³-hybridized carbons (Fsp3) is 0.444. The molecule has 0 aliphatic carbocycles. The zero-order chi connectivity index (χ0) is 20.1. The number of carbonyl (C=O) groups excluding carboxylic acids is 1. The van der Waals surface area contributed by atoms with Gasteiger partial charge in [0.1, 0.15) is 4.32 Å². The zero-order valence-electron chi connectivity index (χ0n) is 15.2. The first kappa shape index (κ1) is 21.0. The largest absolute Gasteiger partial charge is 0.493 e. The monoisotopic (exact) mass is 430 g/mol. The first-order valence-electron chi connectivity index (χ1n) is 8.66. The van der Waals surface area contributed by atoms with Gasteiger partial charge in [0.15, 0.2) is 11.5 Å². The van der Waals surface area contributed by atoms with Gasteiger partial charge in [-0.2, -0.15) is 8.78 Å². The van der Waals surface area contributed by atoms with Crippen LogP contribution in [0.1, 0.15) is 5.56 Å². The summed E-state index contributed by atoms with van der Waals surface area (Å²) in [5.41, 5.74) is 0.632. The standard InChI is InChI=1S/C18H20F2N2O4S2/c1-24-14-10-12(2-3-13(14)26-17(19)20)11-15-16(23)22(18(27)28-15)5-4-21-6-8-25-9-7-21/h2-3,10-11,17H,4-9H2,1H3/b15-11+. The molecule has 10 heteroatoms. The third kappa shape index (κ3) is 5.19. The predicted molar refractivity (Wildman–Crippen MR) is 107 cm³/mol. The molecule has 2 heterocycles. The van der Waals surface area contributed by atoms with E-state index in [9.17, 15) is 13.6 Å². The average molecular weight is 430 g/mol. The summed E-state index contributed by atoms with van der Waals surface area (Å²) in [6.07, 6.45) is 1.67. The van der Waals surface area contributed by atoms with E-state index < -0.39 is 6.61 Å². The molecule has 1 aromatic carbocycles. The average Bonchev–Trinajstić information content (AvgIpc) is 2.94. The number of benzene rings is 1. The molecular weight excluding hydrogens is 410 g/mol. The van der Waals surface area contributed by atoms with E-state index in [1.807, 2.05) is 0 Å². The summed E-state index contributed by atoms with van der Waals surface area (Å²) >= 11 is 6.58. The molecule has 1 aromatic rings. The summed E-state index contributed by atoms with van der Waals surface area (Å²) in [5.74, 6) is -0.0558. The molecule has 6 nitrogen and oxygen atoms in total. The van der Waals surface area contributed by atoms with Crippen LogP contribution in [0.3, 0.4) is 0 Å². The number of hydrogen-bond donors (Lipinski definition) is 0. The van der Waals surface area contributed by atoms with Crippen LogP contribution in [-0.4, -0.2) is 73.1 Å². The van der Waals surface area contributed by atoms with E-state index in [4.69, 9.17) is 21.7 Å². The maximum Gasteiger partial charge on any atom is 0.387 e. The Morgan fingerprint density at radius 3 is 2.71 bits per heavy atom. The molecule has 0 bridgehead atoms. The van der Waals surface area contributed by atoms with E-state index >= 15 is 0 Å².